The number of thiazole rings is 1. The number of amides is 1. The summed E-state index contributed by atoms with van der Waals surface area (Å²) >= 11 is 7.29. The molecule has 23 heavy (non-hydrogen) atoms. The number of carbonyl (C=O) groups is 1. The van der Waals surface area contributed by atoms with Crippen molar-refractivity contribution in [2.45, 2.75) is 26.2 Å². The number of halogens is 1. The van der Waals surface area contributed by atoms with Crippen LogP contribution in [-0.4, -0.2) is 33.9 Å². The van der Waals surface area contributed by atoms with E-state index in [4.69, 9.17) is 11.6 Å². The Kier molecular flexibility index (Phi) is 5.13. The fourth-order valence-corrected chi connectivity index (χ4v) is 3.52. The predicted octanol–water partition coefficient (Wildman–Crippen LogP) is 3.74. The molecule has 5 nitrogen and oxygen atoms in total. The molecule has 122 valence electrons. The first-order valence-corrected chi connectivity index (χ1v) is 8.96. The van der Waals surface area contributed by atoms with Gasteiger partial charge in [-0.25, -0.2) is 9.97 Å². The van der Waals surface area contributed by atoms with Crippen LogP contribution in [0.15, 0.2) is 23.7 Å². The molecule has 1 atom stereocenters. The first kappa shape index (κ1) is 16.2. The topological polar surface area (TPSA) is 58.1 Å². The van der Waals surface area contributed by atoms with Crippen molar-refractivity contribution in [3.05, 3.63) is 34.4 Å². The van der Waals surface area contributed by atoms with Crippen molar-refractivity contribution in [1.82, 2.24) is 14.9 Å². The lowest BCUT2D eigenvalue weighted by Crippen LogP contribution is -2.39. The Hall–Kier alpha value is -1.66. The summed E-state index contributed by atoms with van der Waals surface area (Å²) in [5.41, 5.74) is 0.801. The summed E-state index contributed by atoms with van der Waals surface area (Å²) in [4.78, 5) is 23.0. The number of carbonyl (C=O) groups excluding carboxylic acids is 1. The van der Waals surface area contributed by atoms with Crippen LogP contribution in [0.4, 0.5) is 10.9 Å². The molecule has 0 aromatic carbocycles. The number of hydrogen-bond donors (Lipinski definition) is 1. The van der Waals surface area contributed by atoms with Gasteiger partial charge >= 0.3 is 0 Å². The first-order valence-electron chi connectivity index (χ1n) is 7.71. The SMILES string of the molecule is CC1CCCN(C(=O)Cc2csc(Nc3ccc(Cl)cn3)n2)C1. The highest BCUT2D eigenvalue weighted by Gasteiger charge is 2.21. The smallest absolute Gasteiger partial charge is 0.228 e. The van der Waals surface area contributed by atoms with E-state index in [0.717, 1.165) is 30.3 Å². The predicted molar refractivity (Wildman–Crippen MR) is 93.3 cm³/mol. The molecule has 0 spiro atoms. The molecule has 1 unspecified atom stereocenters. The maximum Gasteiger partial charge on any atom is 0.228 e. The van der Waals surface area contributed by atoms with Crippen molar-refractivity contribution < 1.29 is 4.79 Å². The Bertz CT molecular complexity index is 673. The molecular formula is C16H19ClN4OS. The molecule has 1 saturated heterocycles. The molecule has 7 heteroatoms. The highest BCUT2D eigenvalue weighted by atomic mass is 35.5. The van der Waals surface area contributed by atoms with Crippen LogP contribution in [0, 0.1) is 5.92 Å². The van der Waals surface area contributed by atoms with Gasteiger partial charge in [-0.05, 0) is 30.9 Å². The molecule has 3 heterocycles. The van der Waals surface area contributed by atoms with Gasteiger partial charge in [-0.15, -0.1) is 11.3 Å². The van der Waals surface area contributed by atoms with Crippen molar-refractivity contribution >= 4 is 39.8 Å². The summed E-state index contributed by atoms with van der Waals surface area (Å²) in [6.45, 7) is 3.93. The minimum atomic E-state index is 0.165. The Morgan fingerprint density at radius 3 is 3.13 bits per heavy atom. The second kappa shape index (κ2) is 7.27. The van der Waals surface area contributed by atoms with E-state index in [1.165, 1.54) is 17.8 Å². The molecule has 1 fully saturated rings. The molecule has 0 aliphatic carbocycles. The van der Waals surface area contributed by atoms with Crippen LogP contribution in [0.3, 0.4) is 0 Å². The van der Waals surface area contributed by atoms with Crippen molar-refractivity contribution in [1.29, 1.82) is 0 Å². The van der Waals surface area contributed by atoms with Gasteiger partial charge in [0.25, 0.3) is 0 Å². The van der Waals surface area contributed by atoms with E-state index in [9.17, 15) is 4.79 Å². The van der Waals surface area contributed by atoms with E-state index in [2.05, 4.69) is 22.2 Å². The number of aromatic nitrogens is 2. The highest BCUT2D eigenvalue weighted by molar-refractivity contribution is 7.13. The lowest BCUT2D eigenvalue weighted by atomic mass is 10.00. The van der Waals surface area contributed by atoms with Crippen LogP contribution < -0.4 is 5.32 Å². The summed E-state index contributed by atoms with van der Waals surface area (Å²) in [7, 11) is 0. The summed E-state index contributed by atoms with van der Waals surface area (Å²) < 4.78 is 0. The number of anilines is 2. The molecule has 1 N–H and O–H groups in total. The van der Waals surface area contributed by atoms with Crippen molar-refractivity contribution in [3.8, 4) is 0 Å². The van der Waals surface area contributed by atoms with Crippen molar-refractivity contribution in [2.75, 3.05) is 18.4 Å². The first-order chi connectivity index (χ1) is 11.1. The average molecular weight is 351 g/mol. The third-order valence-corrected chi connectivity index (χ3v) is 4.89. The Labute approximate surface area is 144 Å². The molecule has 1 aliphatic rings. The molecule has 0 radical (unpaired) electrons. The zero-order valence-electron chi connectivity index (χ0n) is 13.0. The van der Waals surface area contributed by atoms with E-state index < -0.39 is 0 Å². The summed E-state index contributed by atoms with van der Waals surface area (Å²) in [5.74, 6) is 1.45. The normalized spacial score (nSPS) is 18.0. The van der Waals surface area contributed by atoms with Crippen molar-refractivity contribution in [2.24, 2.45) is 5.92 Å². The van der Waals surface area contributed by atoms with Crippen LogP contribution in [0.1, 0.15) is 25.5 Å². The Balaban J connectivity index is 1.58. The van der Waals surface area contributed by atoms with Crippen LogP contribution in [0.5, 0.6) is 0 Å². The Morgan fingerprint density at radius 1 is 1.52 bits per heavy atom. The van der Waals surface area contributed by atoms with Crippen LogP contribution in [0.2, 0.25) is 5.02 Å². The summed E-state index contributed by atoms with van der Waals surface area (Å²) in [6.07, 6.45) is 4.25. The largest absolute Gasteiger partial charge is 0.342 e. The molecule has 0 bridgehead atoms. The fraction of sp³-hybridized carbons (Fsp3) is 0.438. The van der Waals surface area contributed by atoms with Gasteiger partial charge in [0.1, 0.15) is 5.82 Å². The number of likely N-dealkylation sites (tertiary alicyclic amines) is 1. The number of nitrogens with zero attached hydrogens (tertiary/aromatic N) is 3. The number of piperidine rings is 1. The van der Waals surface area contributed by atoms with Gasteiger partial charge in [-0.2, -0.15) is 0 Å². The summed E-state index contributed by atoms with van der Waals surface area (Å²) in [5, 5.41) is 6.37. The molecule has 2 aromatic heterocycles. The van der Waals surface area contributed by atoms with Gasteiger partial charge in [-0.1, -0.05) is 18.5 Å². The van der Waals surface area contributed by atoms with E-state index in [1.807, 2.05) is 10.3 Å². The van der Waals surface area contributed by atoms with Gasteiger partial charge in [-0.3, -0.25) is 4.79 Å². The van der Waals surface area contributed by atoms with Crippen LogP contribution in [0.25, 0.3) is 0 Å². The maximum absolute atomic E-state index is 12.4. The third-order valence-electron chi connectivity index (χ3n) is 3.86. The van der Waals surface area contributed by atoms with Gasteiger partial charge < -0.3 is 10.2 Å². The zero-order valence-corrected chi connectivity index (χ0v) is 14.5. The molecule has 2 aromatic rings. The lowest BCUT2D eigenvalue weighted by Gasteiger charge is -2.30. The maximum atomic E-state index is 12.4. The average Bonchev–Trinajstić information content (AvgIpc) is 2.96. The molecular weight excluding hydrogens is 332 g/mol. The van der Waals surface area contributed by atoms with E-state index in [0.29, 0.717) is 23.2 Å². The minimum absolute atomic E-state index is 0.165. The number of hydrogen-bond acceptors (Lipinski definition) is 5. The molecule has 0 saturated carbocycles. The highest BCUT2D eigenvalue weighted by Crippen LogP contribution is 2.22. The lowest BCUT2D eigenvalue weighted by molar-refractivity contribution is -0.132. The van der Waals surface area contributed by atoms with Gasteiger partial charge in [0.2, 0.25) is 5.91 Å². The summed E-state index contributed by atoms with van der Waals surface area (Å²) in [6, 6.07) is 3.57. The fourth-order valence-electron chi connectivity index (χ4n) is 2.69. The monoisotopic (exact) mass is 350 g/mol. The zero-order chi connectivity index (χ0) is 16.2. The molecule has 1 amide bonds. The molecule has 1 aliphatic heterocycles. The number of nitrogens with one attached hydrogen (secondary N) is 1. The third kappa shape index (κ3) is 4.42. The number of rotatable bonds is 4. The van der Waals surface area contributed by atoms with E-state index in [1.54, 1.807) is 18.3 Å². The Morgan fingerprint density at radius 2 is 2.39 bits per heavy atom. The molecule has 3 rings (SSSR count). The van der Waals surface area contributed by atoms with Crippen LogP contribution >= 0.6 is 22.9 Å². The standard InChI is InChI=1S/C16H19ClN4OS/c1-11-3-2-6-21(9-11)15(22)7-13-10-23-16(19-13)20-14-5-4-12(17)8-18-14/h4-5,8,10-11H,2-3,6-7,9H2,1H3,(H,18,19,20). The van der Waals surface area contributed by atoms with Gasteiger partial charge in [0.15, 0.2) is 5.13 Å². The second-order valence-electron chi connectivity index (χ2n) is 5.89. The van der Waals surface area contributed by atoms with Crippen LogP contribution in [-0.2, 0) is 11.2 Å². The van der Waals surface area contributed by atoms with E-state index >= 15 is 0 Å². The number of pyridine rings is 1. The van der Waals surface area contributed by atoms with Crippen molar-refractivity contribution in [3.63, 3.8) is 0 Å². The quantitative estimate of drug-likeness (QED) is 0.912. The minimum Gasteiger partial charge on any atom is -0.342 e. The van der Waals surface area contributed by atoms with Gasteiger partial charge in [0, 0.05) is 24.7 Å². The van der Waals surface area contributed by atoms with Gasteiger partial charge in [0.05, 0.1) is 17.1 Å². The second-order valence-corrected chi connectivity index (χ2v) is 7.19. The van der Waals surface area contributed by atoms with E-state index in [-0.39, 0.29) is 5.91 Å².